The highest BCUT2D eigenvalue weighted by Gasteiger charge is 2.13. The number of carbonyl (C=O) groups excluding carboxylic acids is 1. The number of hydrogen-bond acceptors (Lipinski definition) is 3. The Morgan fingerprint density at radius 1 is 1.35 bits per heavy atom. The zero-order valence-corrected chi connectivity index (χ0v) is 9.55. The highest BCUT2D eigenvalue weighted by Crippen LogP contribution is 2.18. The van der Waals surface area contributed by atoms with Gasteiger partial charge in [-0.05, 0) is 12.1 Å². The largest absolute Gasteiger partial charge is 0.411 e. The Morgan fingerprint density at radius 2 is 2.12 bits per heavy atom. The highest BCUT2D eigenvalue weighted by atomic mass is 16.7. The van der Waals surface area contributed by atoms with Gasteiger partial charge in [0.15, 0.2) is 0 Å². The number of para-hydroxylation sites is 1. The Labute approximate surface area is 98.7 Å². The molecule has 90 valence electrons. The number of ether oxygens (including phenoxy) is 1. The van der Waals surface area contributed by atoms with Crippen LogP contribution in [0.15, 0.2) is 30.3 Å². The van der Waals surface area contributed by atoms with E-state index in [4.69, 9.17) is 15.3 Å². The monoisotopic (exact) mass is 234 g/mol. The summed E-state index contributed by atoms with van der Waals surface area (Å²) < 4.78 is 6.35. The average molecular weight is 234 g/mol. The lowest BCUT2D eigenvalue weighted by atomic mass is 10.2. The molecule has 0 radical (unpaired) electrons. The van der Waals surface area contributed by atoms with Gasteiger partial charge in [0.05, 0.1) is 12.1 Å². The van der Waals surface area contributed by atoms with E-state index >= 15 is 0 Å². The molecule has 0 unspecified atom stereocenters. The summed E-state index contributed by atoms with van der Waals surface area (Å²) >= 11 is 0. The number of methoxy groups -OCH3 is 1. The van der Waals surface area contributed by atoms with E-state index in [1.165, 1.54) is 4.73 Å². The van der Waals surface area contributed by atoms with Crippen LogP contribution in [-0.2, 0) is 4.74 Å². The standard InChI is InChI=1S/C12H14N2O3/c1-16-6-7-17-14-10-5-3-2-4-9(10)8-11(14)12(13)15/h2-5,8H,6-7H2,1H3,(H2,13,15). The van der Waals surface area contributed by atoms with E-state index in [2.05, 4.69) is 0 Å². The molecular formula is C12H14N2O3. The minimum Gasteiger partial charge on any atom is -0.411 e. The first kappa shape index (κ1) is 11.5. The van der Waals surface area contributed by atoms with E-state index in [0.29, 0.717) is 18.9 Å². The SMILES string of the molecule is COCCOn1c(C(N)=O)cc2ccccc21. The van der Waals surface area contributed by atoms with Gasteiger partial charge in [0.25, 0.3) is 5.91 Å². The molecule has 17 heavy (non-hydrogen) atoms. The topological polar surface area (TPSA) is 66.5 Å². The molecule has 0 saturated carbocycles. The van der Waals surface area contributed by atoms with Crippen LogP contribution in [0.2, 0.25) is 0 Å². The third-order valence-electron chi connectivity index (χ3n) is 2.43. The van der Waals surface area contributed by atoms with Crippen LogP contribution >= 0.6 is 0 Å². The van der Waals surface area contributed by atoms with Gasteiger partial charge in [-0.3, -0.25) is 4.79 Å². The van der Waals surface area contributed by atoms with E-state index in [0.717, 1.165) is 10.9 Å². The molecule has 1 aromatic carbocycles. The minimum atomic E-state index is -0.515. The van der Waals surface area contributed by atoms with E-state index in [1.54, 1.807) is 13.2 Å². The molecule has 1 amide bonds. The molecule has 0 aliphatic carbocycles. The van der Waals surface area contributed by atoms with E-state index < -0.39 is 5.91 Å². The van der Waals surface area contributed by atoms with E-state index in [-0.39, 0.29) is 0 Å². The van der Waals surface area contributed by atoms with Crippen LogP contribution in [0, 0.1) is 0 Å². The smallest absolute Gasteiger partial charge is 0.268 e. The molecule has 0 atom stereocenters. The summed E-state index contributed by atoms with van der Waals surface area (Å²) in [5.74, 6) is -0.515. The van der Waals surface area contributed by atoms with E-state index in [9.17, 15) is 4.79 Å². The van der Waals surface area contributed by atoms with Gasteiger partial charge in [-0.25, -0.2) is 0 Å². The number of nitrogens with two attached hydrogens (primary N) is 1. The van der Waals surface area contributed by atoms with Crippen molar-refractivity contribution < 1.29 is 14.4 Å². The Hall–Kier alpha value is -2.01. The number of benzene rings is 1. The van der Waals surface area contributed by atoms with Gasteiger partial charge in [-0.1, -0.05) is 18.2 Å². The van der Waals surface area contributed by atoms with Crippen molar-refractivity contribution in [1.29, 1.82) is 0 Å². The van der Waals surface area contributed by atoms with Crippen molar-refractivity contribution in [1.82, 2.24) is 4.73 Å². The molecule has 0 spiro atoms. The number of hydrogen-bond donors (Lipinski definition) is 1. The van der Waals surface area contributed by atoms with Crippen LogP contribution in [0.1, 0.15) is 10.5 Å². The van der Waals surface area contributed by atoms with Crippen molar-refractivity contribution in [3.05, 3.63) is 36.0 Å². The van der Waals surface area contributed by atoms with Crippen molar-refractivity contribution in [2.24, 2.45) is 5.73 Å². The zero-order valence-electron chi connectivity index (χ0n) is 9.55. The maximum absolute atomic E-state index is 11.3. The molecule has 0 aliphatic heterocycles. The van der Waals surface area contributed by atoms with E-state index in [1.807, 2.05) is 24.3 Å². The van der Waals surface area contributed by atoms with Crippen LogP contribution in [-0.4, -0.2) is 31.0 Å². The quantitative estimate of drug-likeness (QED) is 0.779. The summed E-state index contributed by atoms with van der Waals surface area (Å²) in [4.78, 5) is 16.8. The fourth-order valence-corrected chi connectivity index (χ4v) is 1.65. The molecule has 2 N–H and O–H groups in total. The summed E-state index contributed by atoms with van der Waals surface area (Å²) in [6, 6.07) is 9.26. The van der Waals surface area contributed by atoms with Gasteiger partial charge in [0.1, 0.15) is 12.3 Å². The summed E-state index contributed by atoms with van der Waals surface area (Å²) in [5, 5.41) is 0.915. The predicted molar refractivity (Wildman–Crippen MR) is 63.8 cm³/mol. The molecule has 2 rings (SSSR count). The highest BCUT2D eigenvalue weighted by molar-refractivity contribution is 5.97. The first-order valence-corrected chi connectivity index (χ1v) is 5.26. The maximum Gasteiger partial charge on any atom is 0.268 e. The molecule has 2 aromatic rings. The predicted octanol–water partition coefficient (Wildman–Crippen LogP) is 0.815. The van der Waals surface area contributed by atoms with Crippen LogP contribution < -0.4 is 10.6 Å². The van der Waals surface area contributed by atoms with Crippen molar-refractivity contribution in [2.45, 2.75) is 0 Å². The second-order valence-corrected chi connectivity index (χ2v) is 3.57. The molecule has 0 bridgehead atoms. The lowest BCUT2D eigenvalue weighted by molar-refractivity contribution is 0.0580. The van der Waals surface area contributed by atoms with Gasteiger partial charge in [0.2, 0.25) is 0 Å². The summed E-state index contributed by atoms with van der Waals surface area (Å²) in [7, 11) is 1.59. The van der Waals surface area contributed by atoms with Gasteiger partial charge in [0, 0.05) is 12.5 Å². The second kappa shape index (κ2) is 4.88. The Bertz CT molecular complexity index is 534. The van der Waals surface area contributed by atoms with Crippen LogP contribution in [0.25, 0.3) is 10.9 Å². The molecule has 1 aromatic heterocycles. The lowest BCUT2D eigenvalue weighted by Crippen LogP contribution is -2.23. The van der Waals surface area contributed by atoms with Gasteiger partial charge in [-0.15, -0.1) is 0 Å². The molecule has 0 aliphatic rings. The number of nitrogens with zero attached hydrogens (tertiary/aromatic N) is 1. The third kappa shape index (κ3) is 2.24. The Balaban J connectivity index is 2.41. The van der Waals surface area contributed by atoms with Crippen LogP contribution in [0.4, 0.5) is 0 Å². The Kier molecular flexibility index (Phi) is 3.30. The van der Waals surface area contributed by atoms with Crippen LogP contribution in [0.5, 0.6) is 0 Å². The lowest BCUT2D eigenvalue weighted by Gasteiger charge is -2.10. The zero-order chi connectivity index (χ0) is 12.3. The van der Waals surface area contributed by atoms with Crippen molar-refractivity contribution in [3.63, 3.8) is 0 Å². The number of primary amides is 1. The van der Waals surface area contributed by atoms with Gasteiger partial charge in [-0.2, -0.15) is 4.73 Å². The first-order chi connectivity index (χ1) is 8.24. The molecule has 0 saturated heterocycles. The summed E-state index contributed by atoms with van der Waals surface area (Å²) in [5.41, 5.74) is 6.46. The number of fused-ring (bicyclic) bond motifs is 1. The second-order valence-electron chi connectivity index (χ2n) is 3.57. The molecule has 1 heterocycles. The summed E-state index contributed by atoms with van der Waals surface area (Å²) in [6.07, 6.45) is 0. The molecule has 5 heteroatoms. The number of carbonyl (C=O) groups is 1. The molecule has 5 nitrogen and oxygen atoms in total. The normalized spacial score (nSPS) is 10.6. The first-order valence-electron chi connectivity index (χ1n) is 5.26. The Morgan fingerprint density at radius 3 is 2.82 bits per heavy atom. The minimum absolute atomic E-state index is 0.335. The molecule has 0 fully saturated rings. The maximum atomic E-state index is 11.3. The van der Waals surface area contributed by atoms with Crippen LogP contribution in [0.3, 0.4) is 0 Å². The van der Waals surface area contributed by atoms with Gasteiger partial charge < -0.3 is 15.3 Å². The fraction of sp³-hybridized carbons (Fsp3) is 0.250. The number of aromatic nitrogens is 1. The fourth-order valence-electron chi connectivity index (χ4n) is 1.65. The third-order valence-corrected chi connectivity index (χ3v) is 2.43. The average Bonchev–Trinajstić information content (AvgIpc) is 2.69. The van der Waals surface area contributed by atoms with Crippen molar-refractivity contribution >= 4 is 16.8 Å². The summed E-state index contributed by atoms with van der Waals surface area (Å²) in [6.45, 7) is 0.806. The molecular weight excluding hydrogens is 220 g/mol. The number of rotatable bonds is 5. The van der Waals surface area contributed by atoms with Crippen molar-refractivity contribution in [2.75, 3.05) is 20.3 Å². The van der Waals surface area contributed by atoms with Gasteiger partial charge >= 0.3 is 0 Å². The number of amides is 1. The van der Waals surface area contributed by atoms with Crippen molar-refractivity contribution in [3.8, 4) is 0 Å².